The molecule has 1 N–H and O–H groups in total. The Labute approximate surface area is 122 Å². The van der Waals surface area contributed by atoms with Gasteiger partial charge in [-0.25, -0.2) is 13.9 Å². The summed E-state index contributed by atoms with van der Waals surface area (Å²) in [7, 11) is -2.56. The van der Waals surface area contributed by atoms with Gasteiger partial charge in [-0.05, 0) is 43.7 Å². The summed E-state index contributed by atoms with van der Waals surface area (Å²) < 4.78 is 15.4. The molecule has 0 spiro atoms. The minimum Gasteiger partial charge on any atom is -0.300 e. The van der Waals surface area contributed by atoms with E-state index in [9.17, 15) is 9.00 Å². The molecule has 0 radical (unpaired) electrons. The maximum absolute atomic E-state index is 12.4. The Morgan fingerprint density at radius 1 is 1.45 bits per heavy atom. The number of Topliss-reactive ketones (excluding diaryl/α,β-unsaturated/α-hetero) is 1. The summed E-state index contributed by atoms with van der Waals surface area (Å²) in [5, 5.41) is 0.468. The number of aryl methyl sites for hydroxylation is 1. The van der Waals surface area contributed by atoms with Crippen molar-refractivity contribution in [2.45, 2.75) is 39.1 Å². The molecule has 0 fully saturated rings. The van der Waals surface area contributed by atoms with E-state index in [0.29, 0.717) is 11.6 Å². The molecule has 3 unspecified atom stereocenters. The van der Waals surface area contributed by atoms with Gasteiger partial charge in [0.1, 0.15) is 10.8 Å². The Morgan fingerprint density at radius 3 is 2.60 bits per heavy atom. The van der Waals surface area contributed by atoms with Crippen LogP contribution in [0.1, 0.15) is 32.8 Å². The predicted octanol–water partition coefficient (Wildman–Crippen LogP) is 2.22. The van der Waals surface area contributed by atoms with Crippen LogP contribution in [0.2, 0.25) is 0 Å². The molecule has 0 aromatic carbocycles. The van der Waals surface area contributed by atoms with Crippen molar-refractivity contribution in [2.24, 2.45) is 11.8 Å². The van der Waals surface area contributed by atoms with Gasteiger partial charge in [-0.2, -0.15) is 0 Å². The van der Waals surface area contributed by atoms with Crippen molar-refractivity contribution >= 4 is 21.4 Å². The van der Waals surface area contributed by atoms with Crippen LogP contribution in [0.4, 0.5) is 0 Å². The fourth-order valence-electron chi connectivity index (χ4n) is 1.83. The Morgan fingerprint density at radius 2 is 2.10 bits per heavy atom. The number of hydrogen-bond donors (Lipinski definition) is 1. The Bertz CT molecular complexity index is 550. The zero-order chi connectivity index (χ0) is 15.3. The highest BCUT2D eigenvalue weighted by Crippen LogP contribution is 2.15. The molecule has 0 aliphatic heterocycles. The number of pyridine rings is 1. The van der Waals surface area contributed by atoms with Crippen LogP contribution in [0, 0.1) is 18.8 Å². The molecular formula is C15H24N2O2S. The fraction of sp³-hybridized carbons (Fsp3) is 0.533. The van der Waals surface area contributed by atoms with Crippen LogP contribution in [0.15, 0.2) is 23.4 Å². The largest absolute Gasteiger partial charge is 0.300 e. The molecule has 0 aliphatic rings. The van der Waals surface area contributed by atoms with E-state index in [1.165, 1.54) is 0 Å². The van der Waals surface area contributed by atoms with E-state index >= 15 is 0 Å². The number of rotatable bonds is 7. The van der Waals surface area contributed by atoms with E-state index in [-0.39, 0.29) is 17.6 Å². The summed E-state index contributed by atoms with van der Waals surface area (Å²) in [5.41, 5.74) is 1.02. The molecule has 0 saturated carbocycles. The molecule has 1 heterocycles. The molecule has 0 saturated heterocycles. The molecule has 20 heavy (non-hydrogen) atoms. The third-order valence-electron chi connectivity index (χ3n) is 3.65. The van der Waals surface area contributed by atoms with E-state index in [0.717, 1.165) is 12.0 Å². The lowest BCUT2D eigenvalue weighted by Crippen LogP contribution is -2.28. The topological polar surface area (TPSA) is 59.1 Å². The van der Waals surface area contributed by atoms with E-state index in [4.69, 9.17) is 0 Å². The molecule has 3 atom stereocenters. The molecule has 1 aromatic rings. The maximum Gasteiger partial charge on any atom is 0.132 e. The highest BCUT2D eigenvalue weighted by atomic mass is 32.2. The first-order valence-corrected chi connectivity index (χ1v) is 8.51. The van der Waals surface area contributed by atoms with E-state index in [1.807, 2.05) is 26.8 Å². The molecular weight excluding hydrogens is 272 g/mol. The summed E-state index contributed by atoms with van der Waals surface area (Å²) in [6.45, 7) is 8.05. The molecule has 0 aliphatic carbocycles. The van der Waals surface area contributed by atoms with Gasteiger partial charge in [-0.1, -0.05) is 19.9 Å². The summed E-state index contributed by atoms with van der Waals surface area (Å²) in [4.78, 5) is 15.5. The average Bonchev–Trinajstić information content (AvgIpc) is 2.37. The third kappa shape index (κ3) is 4.72. The van der Waals surface area contributed by atoms with Gasteiger partial charge in [0.25, 0.3) is 0 Å². The molecule has 5 heteroatoms. The van der Waals surface area contributed by atoms with Gasteiger partial charge in [0.15, 0.2) is 0 Å². The van der Waals surface area contributed by atoms with Gasteiger partial charge in [-0.3, -0.25) is 4.79 Å². The zero-order valence-electron chi connectivity index (χ0n) is 12.7. The van der Waals surface area contributed by atoms with Crippen LogP contribution < -0.4 is 4.72 Å². The molecule has 0 amide bonds. The van der Waals surface area contributed by atoms with Gasteiger partial charge in [0.05, 0.1) is 9.71 Å². The van der Waals surface area contributed by atoms with Gasteiger partial charge < -0.3 is 0 Å². The van der Waals surface area contributed by atoms with Crippen LogP contribution in [0.25, 0.3) is 0 Å². The Balaban J connectivity index is 2.56. The van der Waals surface area contributed by atoms with E-state index < -0.39 is 9.71 Å². The normalized spacial score (nSPS) is 17.2. The lowest BCUT2D eigenvalue weighted by molar-refractivity contribution is -0.121. The smallest absolute Gasteiger partial charge is 0.132 e. The average molecular weight is 296 g/mol. The van der Waals surface area contributed by atoms with Crippen LogP contribution >= 0.6 is 0 Å². The Kier molecular flexibility index (Phi) is 5.89. The summed E-state index contributed by atoms with van der Waals surface area (Å²) in [6, 6.07) is 3.61. The molecule has 0 bridgehead atoms. The summed E-state index contributed by atoms with van der Waals surface area (Å²) in [6.07, 6.45) is 2.46. The highest BCUT2D eigenvalue weighted by Gasteiger charge is 2.17. The van der Waals surface area contributed by atoms with Crippen molar-refractivity contribution in [3.63, 3.8) is 0 Å². The number of ketones is 1. The van der Waals surface area contributed by atoms with Crippen LogP contribution in [0.5, 0.6) is 0 Å². The first-order chi connectivity index (χ1) is 9.24. The predicted molar refractivity (Wildman–Crippen MR) is 84.1 cm³/mol. The highest BCUT2D eigenvalue weighted by molar-refractivity contribution is 7.98. The zero-order valence-corrected chi connectivity index (χ0v) is 13.5. The minimum atomic E-state index is -2.56. The van der Waals surface area contributed by atoms with Crippen molar-refractivity contribution in [1.29, 1.82) is 0 Å². The first-order valence-electron chi connectivity index (χ1n) is 6.79. The number of hydrogen-bond acceptors (Lipinski definition) is 3. The SMILES string of the molecule is C=S(=O)(NCCC(C)C(C)C(C)=O)c1ccc(C)cn1. The number of carbonyl (C=O) groups excluding carboxylic acids is 1. The van der Waals surface area contributed by atoms with Gasteiger partial charge in [0.2, 0.25) is 0 Å². The summed E-state index contributed by atoms with van der Waals surface area (Å²) >= 11 is 0. The lowest BCUT2D eigenvalue weighted by atomic mass is 9.90. The summed E-state index contributed by atoms with van der Waals surface area (Å²) in [5.74, 6) is 4.20. The number of nitrogens with one attached hydrogen (secondary N) is 1. The van der Waals surface area contributed by atoms with Crippen molar-refractivity contribution in [2.75, 3.05) is 6.54 Å². The number of nitrogens with zero attached hydrogens (tertiary/aromatic N) is 1. The second-order valence-electron chi connectivity index (χ2n) is 5.41. The molecule has 1 rings (SSSR count). The molecule has 4 nitrogen and oxygen atoms in total. The minimum absolute atomic E-state index is 0.0233. The van der Waals surface area contributed by atoms with Crippen molar-refractivity contribution < 1.29 is 9.00 Å². The second-order valence-corrected chi connectivity index (χ2v) is 7.47. The van der Waals surface area contributed by atoms with E-state index in [1.54, 1.807) is 19.2 Å². The monoisotopic (exact) mass is 296 g/mol. The van der Waals surface area contributed by atoms with E-state index in [2.05, 4.69) is 15.6 Å². The lowest BCUT2D eigenvalue weighted by Gasteiger charge is -2.18. The van der Waals surface area contributed by atoms with Gasteiger partial charge in [-0.15, -0.1) is 0 Å². The maximum atomic E-state index is 12.4. The first kappa shape index (κ1) is 16.9. The van der Waals surface area contributed by atoms with Crippen molar-refractivity contribution in [1.82, 2.24) is 9.71 Å². The fourth-order valence-corrected chi connectivity index (χ4v) is 2.93. The van der Waals surface area contributed by atoms with Crippen LogP contribution in [-0.4, -0.2) is 27.4 Å². The number of carbonyl (C=O) groups is 1. The molecule has 112 valence electrons. The molecule has 1 aromatic heterocycles. The van der Waals surface area contributed by atoms with Crippen LogP contribution in [-0.2, 0) is 14.5 Å². The van der Waals surface area contributed by atoms with Crippen molar-refractivity contribution in [3.8, 4) is 0 Å². The second kappa shape index (κ2) is 6.99. The van der Waals surface area contributed by atoms with Gasteiger partial charge in [0, 0.05) is 18.7 Å². The third-order valence-corrected chi connectivity index (χ3v) is 5.24. The van der Waals surface area contributed by atoms with Crippen LogP contribution in [0.3, 0.4) is 0 Å². The Hall–Kier alpha value is -1.20. The van der Waals surface area contributed by atoms with Crippen molar-refractivity contribution in [3.05, 3.63) is 23.9 Å². The standard InChI is InChI=1S/C15H24N2O2S/c1-11-6-7-15(16-10-11)20(5,19)17-9-8-12(2)13(3)14(4)18/h6-7,10,12-13H,5,8-9H2,1-4H3,(H,17,19). The quantitative estimate of drug-likeness (QED) is 0.785. The number of aromatic nitrogens is 1. The van der Waals surface area contributed by atoms with Gasteiger partial charge >= 0.3 is 0 Å².